The average molecular weight is 455 g/mol. The lowest BCUT2D eigenvalue weighted by atomic mass is 10.1. The van der Waals surface area contributed by atoms with Crippen molar-refractivity contribution < 1.29 is 28.6 Å². The molecule has 33 heavy (non-hydrogen) atoms. The Morgan fingerprint density at radius 3 is 2.48 bits per heavy atom. The van der Waals surface area contributed by atoms with Crippen molar-refractivity contribution in [1.82, 2.24) is 4.90 Å². The van der Waals surface area contributed by atoms with E-state index >= 15 is 0 Å². The molecule has 2 amide bonds. The van der Waals surface area contributed by atoms with Crippen molar-refractivity contribution in [2.75, 3.05) is 39.2 Å². The Hall–Kier alpha value is -3.81. The number of nitrogens with zero attached hydrogens (tertiary/aromatic N) is 1. The van der Waals surface area contributed by atoms with E-state index in [9.17, 15) is 14.4 Å². The first-order valence-electron chi connectivity index (χ1n) is 10.6. The van der Waals surface area contributed by atoms with Gasteiger partial charge in [0.15, 0.2) is 6.61 Å². The number of carbonyl (C=O) groups excluding carboxylic acids is 3. The van der Waals surface area contributed by atoms with Gasteiger partial charge in [0.2, 0.25) is 5.91 Å². The molecule has 0 heterocycles. The smallest absolute Gasteiger partial charge is 0.331 e. The van der Waals surface area contributed by atoms with Crippen LogP contribution in [0.3, 0.4) is 0 Å². The summed E-state index contributed by atoms with van der Waals surface area (Å²) in [7, 11) is 3.06. The lowest BCUT2D eigenvalue weighted by molar-refractivity contribution is -0.148. The first kappa shape index (κ1) is 25.5. The quantitative estimate of drug-likeness (QED) is 0.413. The lowest BCUT2D eigenvalue weighted by Gasteiger charge is -2.21. The van der Waals surface area contributed by atoms with Crippen LogP contribution in [0.5, 0.6) is 11.5 Å². The van der Waals surface area contributed by atoms with Crippen LogP contribution in [0.2, 0.25) is 0 Å². The summed E-state index contributed by atoms with van der Waals surface area (Å²) in [5.41, 5.74) is 2.24. The maximum atomic E-state index is 12.6. The number of aryl methyl sites for hydroxylation is 1. The number of esters is 1. The van der Waals surface area contributed by atoms with Gasteiger partial charge in [-0.2, -0.15) is 0 Å². The van der Waals surface area contributed by atoms with Crippen LogP contribution in [0, 0.1) is 6.92 Å². The molecule has 8 heteroatoms. The van der Waals surface area contributed by atoms with E-state index in [2.05, 4.69) is 5.32 Å². The highest BCUT2D eigenvalue weighted by molar-refractivity contribution is 5.95. The maximum absolute atomic E-state index is 12.6. The summed E-state index contributed by atoms with van der Waals surface area (Å²) in [4.78, 5) is 38.5. The number of ether oxygens (including phenoxy) is 3. The predicted molar refractivity (Wildman–Crippen MR) is 126 cm³/mol. The monoisotopic (exact) mass is 454 g/mol. The summed E-state index contributed by atoms with van der Waals surface area (Å²) in [6.07, 6.45) is 3.39. The standard InChI is InChI=1S/C25H30N2O6/c1-5-14-27(16-23(28)26-21-9-7-6-8-18(21)2)24(29)17-33-25(30)13-10-19-15-20(31-3)11-12-22(19)32-4/h6-13,15H,5,14,16-17H2,1-4H3,(H,26,28)/b13-10+. The summed E-state index contributed by atoms with van der Waals surface area (Å²) in [5.74, 6) is -0.281. The maximum Gasteiger partial charge on any atom is 0.331 e. The van der Waals surface area contributed by atoms with E-state index in [1.54, 1.807) is 31.4 Å². The summed E-state index contributed by atoms with van der Waals surface area (Å²) >= 11 is 0. The number of benzene rings is 2. The Morgan fingerprint density at radius 2 is 1.82 bits per heavy atom. The molecule has 8 nitrogen and oxygen atoms in total. The summed E-state index contributed by atoms with van der Waals surface area (Å²) in [6, 6.07) is 12.6. The van der Waals surface area contributed by atoms with Crippen LogP contribution in [0.25, 0.3) is 6.08 Å². The van der Waals surface area contributed by atoms with Crippen LogP contribution in [0.15, 0.2) is 48.5 Å². The first-order valence-corrected chi connectivity index (χ1v) is 10.6. The van der Waals surface area contributed by atoms with Gasteiger partial charge in [-0.1, -0.05) is 25.1 Å². The average Bonchev–Trinajstić information content (AvgIpc) is 2.82. The molecule has 0 aliphatic carbocycles. The molecule has 0 bridgehead atoms. The summed E-state index contributed by atoms with van der Waals surface area (Å²) in [5, 5.41) is 2.80. The molecule has 0 aromatic heterocycles. The minimum atomic E-state index is -0.686. The fourth-order valence-electron chi connectivity index (χ4n) is 3.04. The molecular formula is C25H30N2O6. The van der Waals surface area contributed by atoms with E-state index in [4.69, 9.17) is 14.2 Å². The molecule has 176 valence electrons. The van der Waals surface area contributed by atoms with Crippen molar-refractivity contribution in [2.24, 2.45) is 0 Å². The molecule has 2 aromatic carbocycles. The Morgan fingerprint density at radius 1 is 1.06 bits per heavy atom. The van der Waals surface area contributed by atoms with Gasteiger partial charge in [0.05, 0.1) is 20.8 Å². The van der Waals surface area contributed by atoms with Gasteiger partial charge in [-0.15, -0.1) is 0 Å². The number of para-hydroxylation sites is 1. The second-order valence-electron chi connectivity index (χ2n) is 7.23. The van der Waals surface area contributed by atoms with Gasteiger partial charge in [0.25, 0.3) is 5.91 Å². The van der Waals surface area contributed by atoms with E-state index in [1.165, 1.54) is 24.2 Å². The first-order chi connectivity index (χ1) is 15.9. The molecule has 0 aliphatic rings. The molecule has 1 N–H and O–H groups in total. The minimum Gasteiger partial charge on any atom is -0.497 e. The molecule has 2 aromatic rings. The third-order valence-corrected chi connectivity index (χ3v) is 4.77. The number of methoxy groups -OCH3 is 2. The van der Waals surface area contributed by atoms with Gasteiger partial charge in [-0.25, -0.2) is 4.79 Å². The normalized spacial score (nSPS) is 10.5. The summed E-state index contributed by atoms with van der Waals surface area (Å²) < 4.78 is 15.5. The van der Waals surface area contributed by atoms with E-state index in [0.717, 1.165) is 5.56 Å². The number of rotatable bonds is 11. The highest BCUT2D eigenvalue weighted by Gasteiger charge is 2.18. The van der Waals surface area contributed by atoms with Gasteiger partial charge < -0.3 is 24.4 Å². The number of carbonyl (C=O) groups is 3. The lowest BCUT2D eigenvalue weighted by Crippen LogP contribution is -2.40. The fraction of sp³-hybridized carbons (Fsp3) is 0.320. The van der Waals surface area contributed by atoms with Crippen LogP contribution in [0.1, 0.15) is 24.5 Å². The SMILES string of the molecule is CCCN(CC(=O)Nc1ccccc1C)C(=O)COC(=O)/C=C/c1cc(OC)ccc1OC. The molecule has 0 saturated carbocycles. The number of hydrogen-bond donors (Lipinski definition) is 1. The second-order valence-corrected chi connectivity index (χ2v) is 7.23. The van der Waals surface area contributed by atoms with Gasteiger partial charge in [0, 0.05) is 23.9 Å². The van der Waals surface area contributed by atoms with Crippen LogP contribution in [-0.2, 0) is 19.1 Å². The Balaban J connectivity index is 1.93. The molecule has 0 aliphatic heterocycles. The zero-order chi connectivity index (χ0) is 24.2. The van der Waals surface area contributed by atoms with Crippen molar-refractivity contribution in [3.05, 3.63) is 59.7 Å². The van der Waals surface area contributed by atoms with Crippen molar-refractivity contribution in [3.63, 3.8) is 0 Å². The molecule has 0 radical (unpaired) electrons. The highest BCUT2D eigenvalue weighted by atomic mass is 16.5. The van der Waals surface area contributed by atoms with Crippen molar-refractivity contribution >= 4 is 29.5 Å². The highest BCUT2D eigenvalue weighted by Crippen LogP contribution is 2.25. The molecule has 0 fully saturated rings. The molecule has 0 unspecified atom stereocenters. The van der Waals surface area contributed by atoms with E-state index in [-0.39, 0.29) is 12.5 Å². The van der Waals surface area contributed by atoms with Gasteiger partial charge in [-0.3, -0.25) is 9.59 Å². The van der Waals surface area contributed by atoms with E-state index < -0.39 is 18.5 Å². The van der Waals surface area contributed by atoms with Gasteiger partial charge in [0.1, 0.15) is 11.5 Å². The summed E-state index contributed by atoms with van der Waals surface area (Å²) in [6.45, 7) is 3.56. The molecule has 0 spiro atoms. The van der Waals surface area contributed by atoms with E-state index in [1.807, 2.05) is 32.0 Å². The number of nitrogens with one attached hydrogen (secondary N) is 1. The zero-order valence-corrected chi connectivity index (χ0v) is 19.4. The number of hydrogen-bond acceptors (Lipinski definition) is 6. The molecular weight excluding hydrogens is 424 g/mol. The Labute approximate surface area is 194 Å². The van der Waals surface area contributed by atoms with Crippen molar-refractivity contribution in [2.45, 2.75) is 20.3 Å². The zero-order valence-electron chi connectivity index (χ0n) is 19.4. The topological polar surface area (TPSA) is 94.2 Å². The van der Waals surface area contributed by atoms with Crippen molar-refractivity contribution in [3.8, 4) is 11.5 Å². The van der Waals surface area contributed by atoms with E-state index in [0.29, 0.717) is 35.7 Å². The second kappa shape index (κ2) is 12.9. The molecule has 0 saturated heterocycles. The Kier molecular flexibility index (Phi) is 9.95. The predicted octanol–water partition coefficient (Wildman–Crippen LogP) is 3.45. The number of anilines is 1. The van der Waals surface area contributed by atoms with Crippen molar-refractivity contribution in [1.29, 1.82) is 0 Å². The third-order valence-electron chi connectivity index (χ3n) is 4.77. The molecule has 2 rings (SSSR count). The largest absolute Gasteiger partial charge is 0.497 e. The third kappa shape index (κ3) is 7.99. The molecule has 0 atom stereocenters. The minimum absolute atomic E-state index is 0.130. The fourth-order valence-corrected chi connectivity index (χ4v) is 3.04. The van der Waals surface area contributed by atoms with Gasteiger partial charge in [-0.05, 0) is 49.2 Å². The van der Waals surface area contributed by atoms with Crippen LogP contribution in [-0.4, -0.2) is 56.6 Å². The number of amides is 2. The van der Waals surface area contributed by atoms with Crippen LogP contribution < -0.4 is 14.8 Å². The Bertz CT molecular complexity index is 1000. The van der Waals surface area contributed by atoms with Crippen LogP contribution in [0.4, 0.5) is 5.69 Å². The van der Waals surface area contributed by atoms with Gasteiger partial charge >= 0.3 is 5.97 Å². The van der Waals surface area contributed by atoms with Crippen LogP contribution >= 0.6 is 0 Å².